The smallest absolute Gasteiger partial charge is 0.250 e. The largest absolute Gasteiger partial charge is 0.495 e. The average molecular weight is 477 g/mol. The Morgan fingerprint density at radius 1 is 1.03 bits per heavy atom. The molecule has 0 aliphatic carbocycles. The topological polar surface area (TPSA) is 72.7 Å². The van der Waals surface area contributed by atoms with Gasteiger partial charge in [-0.25, -0.2) is 0 Å². The van der Waals surface area contributed by atoms with Gasteiger partial charge < -0.3 is 19.2 Å². The molecule has 1 heterocycles. The van der Waals surface area contributed by atoms with E-state index in [0.29, 0.717) is 38.8 Å². The zero-order valence-corrected chi connectivity index (χ0v) is 18.9. The second-order valence-corrected chi connectivity index (χ2v) is 7.42. The molecule has 0 unspecified atom stereocenters. The van der Waals surface area contributed by atoms with E-state index in [1.54, 1.807) is 36.4 Å². The van der Waals surface area contributed by atoms with Crippen LogP contribution in [0.15, 0.2) is 59.0 Å². The maximum atomic E-state index is 12.2. The van der Waals surface area contributed by atoms with Crippen LogP contribution in [0.2, 0.25) is 10.0 Å². The fourth-order valence-corrected chi connectivity index (χ4v) is 3.20. The summed E-state index contributed by atoms with van der Waals surface area (Å²) in [4.78, 5) is 12.2. The summed E-state index contributed by atoms with van der Waals surface area (Å²) in [6.07, 6.45) is 2.86. The second-order valence-electron chi connectivity index (χ2n) is 6.17. The number of thiocarbonyl (C=S) groups is 1. The number of halogens is 2. The maximum absolute atomic E-state index is 12.2. The van der Waals surface area contributed by atoms with E-state index in [4.69, 9.17) is 49.3 Å². The molecule has 1 amide bonds. The average Bonchev–Trinajstić information content (AvgIpc) is 3.22. The molecule has 9 heteroatoms. The minimum atomic E-state index is -0.429. The monoisotopic (exact) mass is 476 g/mol. The van der Waals surface area contributed by atoms with Crippen LogP contribution >= 0.6 is 35.4 Å². The molecule has 1 aromatic heterocycles. The van der Waals surface area contributed by atoms with Gasteiger partial charge in [0.1, 0.15) is 23.0 Å². The zero-order chi connectivity index (χ0) is 22.4. The van der Waals surface area contributed by atoms with Gasteiger partial charge in [-0.15, -0.1) is 0 Å². The van der Waals surface area contributed by atoms with Gasteiger partial charge in [-0.1, -0.05) is 23.2 Å². The van der Waals surface area contributed by atoms with Gasteiger partial charge in [0, 0.05) is 28.8 Å². The summed E-state index contributed by atoms with van der Waals surface area (Å²) in [6.45, 7) is 0. The van der Waals surface area contributed by atoms with Gasteiger partial charge in [-0.05, 0) is 54.7 Å². The third-order valence-corrected chi connectivity index (χ3v) is 4.86. The number of nitrogens with one attached hydrogen (secondary N) is 2. The molecule has 0 saturated carbocycles. The van der Waals surface area contributed by atoms with Crippen LogP contribution in [0.3, 0.4) is 0 Å². The van der Waals surface area contributed by atoms with Crippen molar-refractivity contribution in [3.05, 3.63) is 70.4 Å². The Hall–Kier alpha value is -3.00. The zero-order valence-electron chi connectivity index (χ0n) is 16.6. The molecule has 0 bridgehead atoms. The molecule has 2 aromatic carbocycles. The molecular weight excluding hydrogens is 459 g/mol. The van der Waals surface area contributed by atoms with E-state index >= 15 is 0 Å². The van der Waals surface area contributed by atoms with Gasteiger partial charge in [-0.3, -0.25) is 10.1 Å². The van der Waals surface area contributed by atoms with E-state index in [1.165, 1.54) is 20.3 Å². The van der Waals surface area contributed by atoms with Crippen LogP contribution in [0.25, 0.3) is 17.4 Å². The van der Waals surface area contributed by atoms with Crippen LogP contribution in [0.4, 0.5) is 5.69 Å². The highest BCUT2D eigenvalue weighted by Crippen LogP contribution is 2.35. The molecule has 2 N–H and O–H groups in total. The van der Waals surface area contributed by atoms with Crippen LogP contribution < -0.4 is 20.1 Å². The van der Waals surface area contributed by atoms with Crippen LogP contribution in [0, 0.1) is 0 Å². The van der Waals surface area contributed by atoms with Crippen molar-refractivity contribution in [1.82, 2.24) is 5.32 Å². The molecule has 0 radical (unpaired) electrons. The lowest BCUT2D eigenvalue weighted by Crippen LogP contribution is -2.32. The number of rotatable bonds is 6. The van der Waals surface area contributed by atoms with Gasteiger partial charge in [0.25, 0.3) is 0 Å². The van der Waals surface area contributed by atoms with Gasteiger partial charge in [-0.2, -0.15) is 0 Å². The normalized spacial score (nSPS) is 10.7. The molecule has 0 fully saturated rings. The van der Waals surface area contributed by atoms with Gasteiger partial charge in [0.05, 0.1) is 24.9 Å². The Kier molecular flexibility index (Phi) is 7.57. The molecule has 6 nitrogen and oxygen atoms in total. The number of methoxy groups -OCH3 is 2. The number of ether oxygens (including phenoxy) is 2. The van der Waals surface area contributed by atoms with Crippen LogP contribution in [0.1, 0.15) is 5.76 Å². The van der Waals surface area contributed by atoms with E-state index in [9.17, 15) is 4.79 Å². The molecule has 0 aliphatic heterocycles. The van der Waals surface area contributed by atoms with Gasteiger partial charge in [0.15, 0.2) is 5.11 Å². The molecular formula is C22H18Cl2N2O4S. The summed E-state index contributed by atoms with van der Waals surface area (Å²) >= 11 is 17.2. The molecule has 31 heavy (non-hydrogen) atoms. The first-order valence-electron chi connectivity index (χ1n) is 8.97. The Labute approximate surface area is 194 Å². The number of hydrogen-bond donors (Lipinski definition) is 2. The summed E-state index contributed by atoms with van der Waals surface area (Å²) in [5.41, 5.74) is 1.38. The number of carbonyl (C=O) groups is 1. The number of carbonyl (C=O) groups excluding carboxylic acids is 1. The van der Waals surface area contributed by atoms with Crippen molar-refractivity contribution < 1.29 is 18.7 Å². The van der Waals surface area contributed by atoms with Gasteiger partial charge >= 0.3 is 0 Å². The number of furan rings is 1. The Bertz CT molecular complexity index is 1130. The van der Waals surface area contributed by atoms with Crippen LogP contribution in [-0.2, 0) is 4.79 Å². The van der Waals surface area contributed by atoms with Crippen molar-refractivity contribution in [2.45, 2.75) is 0 Å². The minimum absolute atomic E-state index is 0.0821. The lowest BCUT2D eigenvalue weighted by Gasteiger charge is -2.14. The third kappa shape index (κ3) is 6.01. The van der Waals surface area contributed by atoms with Gasteiger partial charge in [0.2, 0.25) is 5.91 Å². The molecule has 0 aliphatic rings. The summed E-state index contributed by atoms with van der Waals surface area (Å²) in [7, 11) is 2.99. The lowest BCUT2D eigenvalue weighted by molar-refractivity contribution is -0.115. The molecule has 3 rings (SSSR count). The number of hydrogen-bond acceptors (Lipinski definition) is 5. The van der Waals surface area contributed by atoms with E-state index in [-0.39, 0.29) is 5.11 Å². The summed E-state index contributed by atoms with van der Waals surface area (Å²) in [6, 6.07) is 14.0. The highest BCUT2D eigenvalue weighted by atomic mass is 35.5. The van der Waals surface area contributed by atoms with Crippen molar-refractivity contribution >= 4 is 58.2 Å². The van der Waals surface area contributed by atoms with Crippen molar-refractivity contribution in [2.75, 3.05) is 19.5 Å². The number of amides is 1. The number of anilines is 1. The van der Waals surface area contributed by atoms with Crippen LogP contribution in [-0.4, -0.2) is 25.2 Å². The first kappa shape index (κ1) is 22.7. The summed E-state index contributed by atoms with van der Waals surface area (Å²) in [5.74, 6) is 1.64. The predicted molar refractivity (Wildman–Crippen MR) is 127 cm³/mol. The molecule has 0 atom stereocenters. The highest BCUT2D eigenvalue weighted by Gasteiger charge is 2.12. The SMILES string of the molecule is COc1cc(NC(=S)NC(=O)C=Cc2ccc(-c3ccc(Cl)cc3)o2)c(OC)cc1Cl. The van der Waals surface area contributed by atoms with Crippen LogP contribution in [0.5, 0.6) is 11.5 Å². The standard InChI is InChI=1S/C22H18Cl2N2O4S/c1-28-19-12-17(20(29-2)11-16(19)24)25-22(31)26-21(27)10-8-15-7-9-18(30-15)13-3-5-14(23)6-4-13/h3-12H,1-2H3,(H2,25,26,27,31). The maximum Gasteiger partial charge on any atom is 0.250 e. The third-order valence-electron chi connectivity index (χ3n) is 4.11. The fourth-order valence-electron chi connectivity index (χ4n) is 2.63. The fraction of sp³-hybridized carbons (Fsp3) is 0.0909. The van der Waals surface area contributed by atoms with Crippen molar-refractivity contribution in [1.29, 1.82) is 0 Å². The highest BCUT2D eigenvalue weighted by molar-refractivity contribution is 7.80. The Morgan fingerprint density at radius 3 is 2.42 bits per heavy atom. The van der Waals surface area contributed by atoms with Crippen molar-refractivity contribution in [3.8, 4) is 22.8 Å². The first-order chi connectivity index (χ1) is 14.9. The molecule has 160 valence electrons. The quantitative estimate of drug-likeness (QED) is 0.346. The Morgan fingerprint density at radius 2 is 1.74 bits per heavy atom. The Balaban J connectivity index is 1.61. The summed E-state index contributed by atoms with van der Waals surface area (Å²) in [5, 5.41) is 6.56. The van der Waals surface area contributed by atoms with E-state index in [1.807, 2.05) is 18.2 Å². The van der Waals surface area contributed by atoms with Crippen molar-refractivity contribution in [3.63, 3.8) is 0 Å². The molecule has 0 spiro atoms. The second kappa shape index (κ2) is 10.3. The van der Waals surface area contributed by atoms with Crippen molar-refractivity contribution in [2.24, 2.45) is 0 Å². The molecule has 0 saturated heterocycles. The first-order valence-corrected chi connectivity index (χ1v) is 10.1. The minimum Gasteiger partial charge on any atom is -0.495 e. The van der Waals surface area contributed by atoms with E-state index < -0.39 is 5.91 Å². The number of benzene rings is 2. The van der Waals surface area contributed by atoms with E-state index in [0.717, 1.165) is 5.56 Å². The summed E-state index contributed by atoms with van der Waals surface area (Å²) < 4.78 is 16.2. The molecule has 3 aromatic rings. The lowest BCUT2D eigenvalue weighted by atomic mass is 10.2. The predicted octanol–water partition coefficient (Wildman–Crippen LogP) is 5.80. The van der Waals surface area contributed by atoms with E-state index in [2.05, 4.69) is 10.6 Å².